The van der Waals surface area contributed by atoms with Crippen molar-refractivity contribution in [2.45, 2.75) is 45.4 Å². The van der Waals surface area contributed by atoms with Crippen LogP contribution in [0.3, 0.4) is 0 Å². The van der Waals surface area contributed by atoms with Gasteiger partial charge in [-0.3, -0.25) is 0 Å². The normalized spacial score (nSPS) is 10.9. The monoisotopic (exact) mass is 354 g/mol. The van der Waals surface area contributed by atoms with Gasteiger partial charge in [0.25, 0.3) is 0 Å². The van der Waals surface area contributed by atoms with Crippen molar-refractivity contribution in [1.82, 2.24) is 4.90 Å². The van der Waals surface area contributed by atoms with E-state index in [1.165, 1.54) is 32.1 Å². The minimum absolute atomic E-state index is 0.361. The highest BCUT2D eigenvalue weighted by Gasteiger charge is 2.12. The molecule has 0 unspecified atom stereocenters. The van der Waals surface area contributed by atoms with Crippen molar-refractivity contribution in [2.24, 2.45) is 0 Å². The third-order valence-corrected chi connectivity index (χ3v) is 4.13. The van der Waals surface area contributed by atoms with E-state index in [2.05, 4.69) is 12.2 Å². The summed E-state index contributed by atoms with van der Waals surface area (Å²) in [6.45, 7) is 4.21. The number of benzene rings is 1. The Morgan fingerprint density at radius 2 is 1.88 bits per heavy atom. The van der Waals surface area contributed by atoms with Crippen LogP contribution in [-0.2, 0) is 4.74 Å². The number of carbonyl (C=O) groups excluding carboxylic acids is 1. The van der Waals surface area contributed by atoms with E-state index in [0.29, 0.717) is 23.7 Å². The molecule has 0 aliphatic carbocycles. The molecule has 0 heterocycles. The molecule has 0 atom stereocenters. The summed E-state index contributed by atoms with van der Waals surface area (Å²) in [6, 6.07) is 5.40. The Morgan fingerprint density at radius 1 is 1.17 bits per heavy atom. The van der Waals surface area contributed by atoms with Gasteiger partial charge in [-0.25, -0.2) is 4.79 Å². The van der Waals surface area contributed by atoms with Gasteiger partial charge < -0.3 is 15.0 Å². The summed E-state index contributed by atoms with van der Waals surface area (Å²) in [5, 5.41) is 3.79. The number of hydrogen-bond acceptors (Lipinski definition) is 4. The summed E-state index contributed by atoms with van der Waals surface area (Å²) in [7, 11) is 3.87. The second kappa shape index (κ2) is 12.2. The van der Waals surface area contributed by atoms with Crippen molar-refractivity contribution in [2.75, 3.05) is 39.1 Å². The number of unbranched alkanes of at least 4 members (excludes halogenated alkanes) is 5. The van der Waals surface area contributed by atoms with Crippen LogP contribution in [0, 0.1) is 0 Å². The van der Waals surface area contributed by atoms with Crippen LogP contribution in [0.15, 0.2) is 18.2 Å². The van der Waals surface area contributed by atoms with Crippen molar-refractivity contribution in [3.8, 4) is 0 Å². The first kappa shape index (κ1) is 20.8. The van der Waals surface area contributed by atoms with Gasteiger partial charge in [0.2, 0.25) is 0 Å². The van der Waals surface area contributed by atoms with E-state index in [4.69, 9.17) is 16.3 Å². The maximum absolute atomic E-state index is 12.0. The fraction of sp³-hybridized carbons (Fsp3) is 0.632. The predicted octanol–water partition coefficient (Wildman–Crippen LogP) is 4.83. The number of nitrogens with zero attached hydrogens (tertiary/aromatic N) is 1. The van der Waals surface area contributed by atoms with E-state index in [9.17, 15) is 4.79 Å². The van der Waals surface area contributed by atoms with Crippen molar-refractivity contribution in [3.05, 3.63) is 28.8 Å². The maximum Gasteiger partial charge on any atom is 0.339 e. The van der Waals surface area contributed by atoms with Gasteiger partial charge in [-0.2, -0.15) is 0 Å². The highest BCUT2D eigenvalue weighted by molar-refractivity contribution is 6.33. The number of esters is 1. The van der Waals surface area contributed by atoms with Gasteiger partial charge in [0.15, 0.2) is 0 Å². The molecule has 5 heteroatoms. The Hall–Kier alpha value is -1.26. The average Bonchev–Trinajstić information content (AvgIpc) is 2.53. The average molecular weight is 355 g/mol. The van der Waals surface area contributed by atoms with Crippen molar-refractivity contribution in [3.63, 3.8) is 0 Å². The Morgan fingerprint density at radius 3 is 2.54 bits per heavy atom. The Labute approximate surface area is 151 Å². The van der Waals surface area contributed by atoms with Gasteiger partial charge in [0.1, 0.15) is 6.61 Å². The molecule has 1 N–H and O–H groups in total. The van der Waals surface area contributed by atoms with Gasteiger partial charge in [0.05, 0.1) is 10.6 Å². The van der Waals surface area contributed by atoms with E-state index >= 15 is 0 Å². The lowest BCUT2D eigenvalue weighted by Crippen LogP contribution is -2.20. The third kappa shape index (κ3) is 8.55. The van der Waals surface area contributed by atoms with Gasteiger partial charge in [-0.15, -0.1) is 0 Å². The molecule has 136 valence electrons. The molecular weight excluding hydrogens is 324 g/mol. The zero-order valence-corrected chi connectivity index (χ0v) is 16.0. The van der Waals surface area contributed by atoms with Crippen molar-refractivity contribution in [1.29, 1.82) is 0 Å². The zero-order valence-electron chi connectivity index (χ0n) is 15.2. The minimum atomic E-state index is -0.371. The number of hydrogen-bond donors (Lipinski definition) is 1. The summed E-state index contributed by atoms with van der Waals surface area (Å²) in [5.41, 5.74) is 1.36. The first-order chi connectivity index (χ1) is 11.5. The Kier molecular flexibility index (Phi) is 10.5. The van der Waals surface area contributed by atoms with Crippen LogP contribution in [0.2, 0.25) is 5.02 Å². The number of anilines is 1. The number of halogens is 1. The van der Waals surface area contributed by atoms with Crippen LogP contribution in [-0.4, -0.2) is 44.7 Å². The molecule has 0 aliphatic heterocycles. The van der Waals surface area contributed by atoms with E-state index in [-0.39, 0.29) is 5.97 Å². The molecule has 0 aromatic heterocycles. The lowest BCUT2D eigenvalue weighted by Gasteiger charge is -2.12. The third-order valence-electron chi connectivity index (χ3n) is 3.82. The van der Waals surface area contributed by atoms with Crippen LogP contribution in [0.25, 0.3) is 0 Å². The molecule has 0 spiro atoms. The lowest BCUT2D eigenvalue weighted by molar-refractivity contribution is 0.0482. The van der Waals surface area contributed by atoms with Crippen LogP contribution < -0.4 is 5.32 Å². The molecule has 0 amide bonds. The number of nitrogens with one attached hydrogen (secondary N) is 1. The molecule has 1 rings (SSSR count). The number of carbonyl (C=O) groups is 1. The van der Waals surface area contributed by atoms with E-state index in [0.717, 1.165) is 18.7 Å². The van der Waals surface area contributed by atoms with E-state index in [1.54, 1.807) is 12.1 Å². The summed E-state index contributed by atoms with van der Waals surface area (Å²) in [6.07, 6.45) is 7.63. The minimum Gasteiger partial charge on any atom is -0.461 e. The fourth-order valence-electron chi connectivity index (χ4n) is 2.33. The Bertz CT molecular complexity index is 492. The molecule has 4 nitrogen and oxygen atoms in total. The SMILES string of the molecule is CCCCCCCCNc1ccc(C(=O)OCCN(C)C)c(Cl)c1. The smallest absolute Gasteiger partial charge is 0.339 e. The summed E-state index contributed by atoms with van der Waals surface area (Å²) >= 11 is 6.21. The first-order valence-corrected chi connectivity index (χ1v) is 9.27. The molecule has 1 aromatic rings. The van der Waals surface area contributed by atoms with Gasteiger partial charge in [-0.1, -0.05) is 50.6 Å². The van der Waals surface area contributed by atoms with Crippen molar-refractivity contribution < 1.29 is 9.53 Å². The lowest BCUT2D eigenvalue weighted by atomic mass is 10.1. The molecule has 0 fully saturated rings. The van der Waals surface area contributed by atoms with Crippen LogP contribution in [0.1, 0.15) is 55.8 Å². The van der Waals surface area contributed by atoms with Crippen molar-refractivity contribution >= 4 is 23.3 Å². The molecule has 0 bridgehead atoms. The molecular formula is C19H31ClN2O2. The topological polar surface area (TPSA) is 41.6 Å². The van der Waals surface area contributed by atoms with Crippen LogP contribution in [0.5, 0.6) is 0 Å². The van der Waals surface area contributed by atoms with Crippen LogP contribution >= 0.6 is 11.6 Å². The summed E-state index contributed by atoms with van der Waals surface area (Å²) in [4.78, 5) is 14.0. The quantitative estimate of drug-likeness (QED) is 0.431. The highest BCUT2D eigenvalue weighted by atomic mass is 35.5. The second-order valence-electron chi connectivity index (χ2n) is 6.33. The predicted molar refractivity (Wildman–Crippen MR) is 102 cm³/mol. The van der Waals surface area contributed by atoms with E-state index in [1.807, 2.05) is 25.1 Å². The Balaban J connectivity index is 2.34. The fourth-order valence-corrected chi connectivity index (χ4v) is 2.59. The maximum atomic E-state index is 12.0. The number of ether oxygens (including phenoxy) is 1. The van der Waals surface area contributed by atoms with Gasteiger partial charge in [0, 0.05) is 18.8 Å². The zero-order chi connectivity index (χ0) is 17.8. The standard InChI is InChI=1S/C19H31ClN2O2/c1-4-5-6-7-8-9-12-21-16-10-11-17(18(20)15-16)19(23)24-14-13-22(2)3/h10-11,15,21H,4-9,12-14H2,1-3H3. The molecule has 24 heavy (non-hydrogen) atoms. The number of rotatable bonds is 12. The first-order valence-electron chi connectivity index (χ1n) is 8.90. The van der Waals surface area contributed by atoms with Gasteiger partial charge in [-0.05, 0) is 38.7 Å². The largest absolute Gasteiger partial charge is 0.461 e. The molecule has 0 saturated heterocycles. The molecule has 0 aliphatic rings. The summed E-state index contributed by atoms with van der Waals surface area (Å²) in [5.74, 6) is -0.371. The molecule has 0 saturated carbocycles. The molecule has 0 radical (unpaired) electrons. The number of likely N-dealkylation sites (N-methyl/N-ethyl adjacent to an activating group) is 1. The molecule has 1 aromatic carbocycles. The van der Waals surface area contributed by atoms with Gasteiger partial charge >= 0.3 is 5.97 Å². The highest BCUT2D eigenvalue weighted by Crippen LogP contribution is 2.22. The second-order valence-corrected chi connectivity index (χ2v) is 6.74. The van der Waals surface area contributed by atoms with Crippen LogP contribution in [0.4, 0.5) is 5.69 Å². The van der Waals surface area contributed by atoms with E-state index < -0.39 is 0 Å². The summed E-state index contributed by atoms with van der Waals surface area (Å²) < 4.78 is 5.22.